The van der Waals surface area contributed by atoms with Crippen molar-refractivity contribution in [2.24, 2.45) is 10.9 Å². The highest BCUT2D eigenvalue weighted by Gasteiger charge is 2.49. The summed E-state index contributed by atoms with van der Waals surface area (Å²) in [7, 11) is 4.23. The molecule has 0 radical (unpaired) electrons. The van der Waals surface area contributed by atoms with E-state index in [0.29, 0.717) is 22.4 Å². The van der Waals surface area contributed by atoms with Gasteiger partial charge in [0.2, 0.25) is 11.7 Å². The zero-order chi connectivity index (χ0) is 28.0. The summed E-state index contributed by atoms with van der Waals surface area (Å²) in [5, 5.41) is 18.1. The van der Waals surface area contributed by atoms with E-state index in [1.54, 1.807) is 24.3 Å². The molecule has 13 nitrogen and oxygen atoms in total. The van der Waals surface area contributed by atoms with Crippen molar-refractivity contribution in [2.45, 2.75) is 24.9 Å². The van der Waals surface area contributed by atoms with Gasteiger partial charge in [-0.15, -0.1) is 0 Å². The SMILES string of the molecule is COc1cc(C(CC(=O)O)NC(=O)CN2C(=O)NC(C)(c3ccc(/C=N/N)cc3)C2=O)cc(OC)c1OC. The Morgan fingerprint density at radius 1 is 1.13 bits per heavy atom. The fourth-order valence-corrected chi connectivity index (χ4v) is 4.14. The van der Waals surface area contributed by atoms with E-state index in [0.717, 1.165) is 4.90 Å². The number of hydrogen-bond acceptors (Lipinski definition) is 9. The number of nitrogens with zero attached hydrogens (tertiary/aromatic N) is 2. The summed E-state index contributed by atoms with van der Waals surface area (Å²) in [6.07, 6.45) is 0.944. The quantitative estimate of drug-likeness (QED) is 0.144. The number of hydrogen-bond donors (Lipinski definition) is 4. The zero-order valence-electron chi connectivity index (χ0n) is 21.3. The van der Waals surface area contributed by atoms with Crippen LogP contribution in [-0.2, 0) is 19.9 Å². The van der Waals surface area contributed by atoms with Crippen molar-refractivity contribution < 1.29 is 38.5 Å². The molecule has 2 atom stereocenters. The van der Waals surface area contributed by atoms with Gasteiger partial charge >= 0.3 is 12.0 Å². The smallest absolute Gasteiger partial charge is 0.325 e. The molecule has 4 amide bonds. The highest BCUT2D eigenvalue weighted by Crippen LogP contribution is 2.40. The number of nitrogens with one attached hydrogen (secondary N) is 2. The number of rotatable bonds is 11. The largest absolute Gasteiger partial charge is 0.493 e. The fraction of sp³-hybridized carbons (Fsp3) is 0.320. The minimum absolute atomic E-state index is 0.264. The summed E-state index contributed by atoms with van der Waals surface area (Å²) in [5.41, 5.74) is 0.143. The summed E-state index contributed by atoms with van der Waals surface area (Å²) in [6, 6.07) is 7.88. The molecule has 2 aromatic rings. The molecule has 13 heteroatoms. The minimum atomic E-state index is -1.41. The first-order valence-corrected chi connectivity index (χ1v) is 11.4. The Morgan fingerprint density at radius 3 is 2.24 bits per heavy atom. The number of methoxy groups -OCH3 is 3. The molecule has 0 bridgehead atoms. The van der Waals surface area contributed by atoms with E-state index in [4.69, 9.17) is 20.1 Å². The van der Waals surface area contributed by atoms with Crippen molar-refractivity contribution >= 4 is 30.0 Å². The van der Waals surface area contributed by atoms with Gasteiger partial charge in [-0.2, -0.15) is 5.10 Å². The number of nitrogens with two attached hydrogens (primary N) is 1. The maximum atomic E-state index is 13.2. The predicted octanol–water partition coefficient (Wildman–Crippen LogP) is 1.10. The topological polar surface area (TPSA) is 182 Å². The third kappa shape index (κ3) is 5.61. The molecule has 1 saturated heterocycles. The van der Waals surface area contributed by atoms with Crippen LogP contribution < -0.4 is 30.7 Å². The van der Waals surface area contributed by atoms with Gasteiger partial charge in [0, 0.05) is 0 Å². The Balaban J connectivity index is 1.82. The molecule has 1 aliphatic rings. The van der Waals surface area contributed by atoms with Crippen molar-refractivity contribution in [3.63, 3.8) is 0 Å². The van der Waals surface area contributed by atoms with E-state index in [2.05, 4.69) is 15.7 Å². The number of amides is 4. The number of ether oxygens (including phenoxy) is 3. The van der Waals surface area contributed by atoms with E-state index in [1.807, 2.05) is 0 Å². The molecule has 0 spiro atoms. The lowest BCUT2D eigenvalue weighted by molar-refractivity contribution is -0.138. The summed E-state index contributed by atoms with van der Waals surface area (Å²) in [4.78, 5) is 51.2. The number of aliphatic carboxylic acids is 1. The number of hydrazone groups is 1. The second kappa shape index (κ2) is 11.5. The maximum Gasteiger partial charge on any atom is 0.325 e. The molecule has 1 heterocycles. The second-order valence-corrected chi connectivity index (χ2v) is 8.52. The Hall–Kier alpha value is -4.81. The molecular formula is C25H29N5O8. The van der Waals surface area contributed by atoms with Crippen LogP contribution in [0.3, 0.4) is 0 Å². The molecule has 3 rings (SSSR count). The van der Waals surface area contributed by atoms with Crippen LogP contribution in [0.15, 0.2) is 41.5 Å². The molecule has 0 aromatic heterocycles. The molecule has 202 valence electrons. The van der Waals surface area contributed by atoms with Gasteiger partial charge in [0.05, 0.1) is 40.0 Å². The molecule has 2 unspecified atom stereocenters. The first kappa shape index (κ1) is 27.8. The summed E-state index contributed by atoms with van der Waals surface area (Å²) >= 11 is 0. The van der Waals surface area contributed by atoms with Crippen LogP contribution in [-0.4, -0.2) is 67.9 Å². The first-order valence-electron chi connectivity index (χ1n) is 11.4. The molecule has 0 saturated carbocycles. The molecule has 0 aliphatic carbocycles. The monoisotopic (exact) mass is 527 g/mol. The van der Waals surface area contributed by atoms with Gasteiger partial charge in [-0.05, 0) is 35.7 Å². The van der Waals surface area contributed by atoms with E-state index < -0.39 is 48.4 Å². The van der Waals surface area contributed by atoms with Crippen LogP contribution in [0.1, 0.15) is 36.1 Å². The lowest BCUT2D eigenvalue weighted by Gasteiger charge is -2.23. The standard InChI is InChI=1S/C25H29N5O8/c1-25(16-7-5-14(6-8-16)12-27-26)23(34)30(24(35)29-25)13-20(31)28-17(11-21(32)33)15-9-18(36-2)22(38-4)19(10-15)37-3/h5-10,12,17H,11,13,26H2,1-4H3,(H,28,31)(H,29,35)(H,32,33)/b27-12+. The van der Waals surface area contributed by atoms with Crippen molar-refractivity contribution in [2.75, 3.05) is 27.9 Å². The van der Waals surface area contributed by atoms with Crippen LogP contribution in [0.2, 0.25) is 0 Å². The van der Waals surface area contributed by atoms with Crippen molar-refractivity contribution in [3.8, 4) is 17.2 Å². The number of imide groups is 1. The van der Waals surface area contributed by atoms with Crippen LogP contribution in [0.4, 0.5) is 4.79 Å². The zero-order valence-corrected chi connectivity index (χ0v) is 21.3. The lowest BCUT2D eigenvalue weighted by atomic mass is 9.91. The molecule has 1 fully saturated rings. The highest BCUT2D eigenvalue weighted by molar-refractivity contribution is 6.09. The van der Waals surface area contributed by atoms with Gasteiger partial charge in [-0.1, -0.05) is 24.3 Å². The molecule has 5 N–H and O–H groups in total. The number of benzene rings is 2. The van der Waals surface area contributed by atoms with Crippen molar-refractivity contribution in [1.82, 2.24) is 15.5 Å². The van der Waals surface area contributed by atoms with E-state index in [9.17, 15) is 24.3 Å². The van der Waals surface area contributed by atoms with E-state index >= 15 is 0 Å². The Kier molecular flexibility index (Phi) is 8.40. The molecule has 2 aromatic carbocycles. The van der Waals surface area contributed by atoms with Crippen LogP contribution in [0.5, 0.6) is 17.2 Å². The normalized spacial score (nSPS) is 17.7. The van der Waals surface area contributed by atoms with Crippen molar-refractivity contribution in [1.29, 1.82) is 0 Å². The average molecular weight is 528 g/mol. The van der Waals surface area contributed by atoms with Crippen molar-refractivity contribution in [3.05, 3.63) is 53.1 Å². The van der Waals surface area contributed by atoms with Gasteiger partial charge in [-0.3, -0.25) is 19.3 Å². The van der Waals surface area contributed by atoms with E-state index in [1.165, 1.54) is 46.6 Å². The van der Waals surface area contributed by atoms with Gasteiger partial charge < -0.3 is 35.8 Å². The fourth-order valence-electron chi connectivity index (χ4n) is 4.14. The summed E-state index contributed by atoms with van der Waals surface area (Å²) in [5.74, 6) is 3.41. The first-order chi connectivity index (χ1) is 18.1. The van der Waals surface area contributed by atoms with Gasteiger partial charge in [-0.25, -0.2) is 4.79 Å². The average Bonchev–Trinajstić information content (AvgIpc) is 3.11. The Labute approximate surface area is 218 Å². The lowest BCUT2D eigenvalue weighted by Crippen LogP contribution is -2.44. The van der Waals surface area contributed by atoms with Crippen LogP contribution in [0.25, 0.3) is 0 Å². The Morgan fingerprint density at radius 2 is 1.74 bits per heavy atom. The third-order valence-corrected chi connectivity index (χ3v) is 6.09. The minimum Gasteiger partial charge on any atom is -0.493 e. The summed E-state index contributed by atoms with van der Waals surface area (Å²) < 4.78 is 15.9. The third-order valence-electron chi connectivity index (χ3n) is 6.09. The van der Waals surface area contributed by atoms with E-state index in [-0.39, 0.29) is 11.5 Å². The number of carbonyl (C=O) groups excluding carboxylic acids is 3. The molecule has 1 aliphatic heterocycles. The van der Waals surface area contributed by atoms with Crippen LogP contribution in [0, 0.1) is 0 Å². The van der Waals surface area contributed by atoms with Gasteiger partial charge in [0.25, 0.3) is 5.91 Å². The number of carbonyl (C=O) groups is 4. The summed E-state index contributed by atoms with van der Waals surface area (Å²) in [6.45, 7) is 0.902. The number of carboxylic acid groups (broad SMARTS) is 1. The predicted molar refractivity (Wildman–Crippen MR) is 135 cm³/mol. The molecule has 38 heavy (non-hydrogen) atoms. The Bertz CT molecular complexity index is 1240. The van der Waals surface area contributed by atoms with Gasteiger partial charge in [0.15, 0.2) is 11.5 Å². The maximum absolute atomic E-state index is 13.2. The van der Waals surface area contributed by atoms with Gasteiger partial charge in [0.1, 0.15) is 12.1 Å². The number of carboxylic acids is 1. The van der Waals surface area contributed by atoms with Crippen LogP contribution >= 0.6 is 0 Å². The number of urea groups is 1. The highest BCUT2D eigenvalue weighted by atomic mass is 16.5. The molecular weight excluding hydrogens is 498 g/mol. The second-order valence-electron chi connectivity index (χ2n) is 8.52.